The molecule has 0 aliphatic rings. The fourth-order valence-corrected chi connectivity index (χ4v) is 4.51. The van der Waals surface area contributed by atoms with Crippen LogP contribution in [0.2, 0.25) is 0 Å². The van der Waals surface area contributed by atoms with E-state index in [-0.39, 0.29) is 11.4 Å². The maximum absolute atomic E-state index is 13.4. The number of nitrogens with one attached hydrogen (secondary N) is 1. The summed E-state index contributed by atoms with van der Waals surface area (Å²) in [5.41, 5.74) is 2.95. The number of sulfonamides is 1. The van der Waals surface area contributed by atoms with Gasteiger partial charge < -0.3 is 10.1 Å². The fourth-order valence-electron chi connectivity index (χ4n) is 3.08. The van der Waals surface area contributed by atoms with E-state index >= 15 is 0 Å². The van der Waals surface area contributed by atoms with Crippen molar-refractivity contribution in [2.45, 2.75) is 25.7 Å². The lowest BCUT2D eigenvalue weighted by Gasteiger charge is -2.25. The van der Waals surface area contributed by atoms with Crippen LogP contribution in [0.15, 0.2) is 77.7 Å². The van der Waals surface area contributed by atoms with E-state index in [9.17, 15) is 13.2 Å². The van der Waals surface area contributed by atoms with Crippen LogP contribution in [-0.2, 0) is 14.8 Å². The van der Waals surface area contributed by atoms with Gasteiger partial charge in [0, 0.05) is 11.8 Å². The number of carbonyl (C=O) groups is 1. The van der Waals surface area contributed by atoms with Crippen molar-refractivity contribution < 1.29 is 17.9 Å². The summed E-state index contributed by atoms with van der Waals surface area (Å²) >= 11 is 0. The summed E-state index contributed by atoms with van der Waals surface area (Å²) in [6, 6.07) is 20.4. The van der Waals surface area contributed by atoms with E-state index in [1.165, 1.54) is 12.1 Å². The number of hydrogen-bond donors (Lipinski definition) is 1. The van der Waals surface area contributed by atoms with Crippen LogP contribution in [0, 0.1) is 13.8 Å². The van der Waals surface area contributed by atoms with E-state index in [4.69, 9.17) is 4.74 Å². The van der Waals surface area contributed by atoms with Gasteiger partial charge in [-0.3, -0.25) is 9.10 Å². The van der Waals surface area contributed by atoms with Crippen molar-refractivity contribution in [3.63, 3.8) is 0 Å². The molecular weight excluding hydrogens is 412 g/mol. The second kappa shape index (κ2) is 9.66. The SMILES string of the molecule is CCOc1cccc(NC(=O)CN(c2ccc(C)c(C)c2)S(=O)(=O)c2ccccc2)c1. The summed E-state index contributed by atoms with van der Waals surface area (Å²) in [4.78, 5) is 13.0. The van der Waals surface area contributed by atoms with Gasteiger partial charge in [0.1, 0.15) is 12.3 Å². The highest BCUT2D eigenvalue weighted by molar-refractivity contribution is 7.92. The Kier molecular flexibility index (Phi) is 6.97. The molecule has 0 aliphatic carbocycles. The molecule has 3 rings (SSSR count). The Hall–Kier alpha value is -3.32. The van der Waals surface area contributed by atoms with Crippen LogP contribution in [0.25, 0.3) is 0 Å². The summed E-state index contributed by atoms with van der Waals surface area (Å²) in [6.45, 7) is 5.88. The highest BCUT2D eigenvalue weighted by Crippen LogP contribution is 2.26. The Morgan fingerprint density at radius 3 is 2.35 bits per heavy atom. The molecule has 0 spiro atoms. The van der Waals surface area contributed by atoms with Crippen molar-refractivity contribution in [1.29, 1.82) is 0 Å². The minimum Gasteiger partial charge on any atom is -0.494 e. The molecule has 0 saturated carbocycles. The average molecular weight is 439 g/mol. The number of benzene rings is 3. The molecule has 7 heteroatoms. The first-order valence-electron chi connectivity index (χ1n) is 9.99. The van der Waals surface area contributed by atoms with Crippen molar-refractivity contribution in [3.8, 4) is 5.75 Å². The van der Waals surface area contributed by atoms with Crippen molar-refractivity contribution in [2.75, 3.05) is 22.8 Å². The van der Waals surface area contributed by atoms with E-state index in [0.29, 0.717) is 23.7 Å². The van der Waals surface area contributed by atoms with Gasteiger partial charge >= 0.3 is 0 Å². The van der Waals surface area contributed by atoms with Crippen LogP contribution < -0.4 is 14.4 Å². The van der Waals surface area contributed by atoms with Crippen LogP contribution in [0.5, 0.6) is 5.75 Å². The first-order chi connectivity index (χ1) is 14.8. The predicted octanol–water partition coefficient (Wildman–Crippen LogP) is 4.54. The number of amides is 1. The molecule has 3 aromatic rings. The Morgan fingerprint density at radius 2 is 1.68 bits per heavy atom. The predicted molar refractivity (Wildman–Crippen MR) is 123 cm³/mol. The molecule has 0 aromatic heterocycles. The molecule has 0 aliphatic heterocycles. The monoisotopic (exact) mass is 438 g/mol. The van der Waals surface area contributed by atoms with Gasteiger partial charge in [-0.25, -0.2) is 8.42 Å². The van der Waals surface area contributed by atoms with E-state index < -0.39 is 15.9 Å². The van der Waals surface area contributed by atoms with Gasteiger partial charge in [0.05, 0.1) is 17.2 Å². The third kappa shape index (κ3) is 5.44. The van der Waals surface area contributed by atoms with Gasteiger partial charge in [0.15, 0.2) is 0 Å². The third-order valence-electron chi connectivity index (χ3n) is 4.83. The second-order valence-electron chi connectivity index (χ2n) is 7.10. The first-order valence-corrected chi connectivity index (χ1v) is 11.4. The number of hydrogen-bond acceptors (Lipinski definition) is 4. The highest BCUT2D eigenvalue weighted by Gasteiger charge is 2.27. The van der Waals surface area contributed by atoms with Gasteiger partial charge in [-0.2, -0.15) is 0 Å². The summed E-state index contributed by atoms with van der Waals surface area (Å²) in [6.07, 6.45) is 0. The molecule has 3 aromatic carbocycles. The molecule has 0 fully saturated rings. The van der Waals surface area contributed by atoms with E-state index in [1.54, 1.807) is 54.6 Å². The van der Waals surface area contributed by atoms with Crippen molar-refractivity contribution in [2.24, 2.45) is 0 Å². The largest absolute Gasteiger partial charge is 0.494 e. The van der Waals surface area contributed by atoms with Crippen molar-refractivity contribution >= 4 is 27.3 Å². The maximum Gasteiger partial charge on any atom is 0.264 e. The summed E-state index contributed by atoms with van der Waals surface area (Å²) in [5, 5.41) is 2.77. The van der Waals surface area contributed by atoms with Crippen molar-refractivity contribution in [3.05, 3.63) is 83.9 Å². The van der Waals surface area contributed by atoms with Gasteiger partial charge in [-0.05, 0) is 68.3 Å². The Bertz CT molecular complexity index is 1160. The normalized spacial score (nSPS) is 11.1. The number of ether oxygens (including phenoxy) is 1. The zero-order valence-corrected chi connectivity index (χ0v) is 18.6. The molecule has 1 N–H and O–H groups in total. The summed E-state index contributed by atoms with van der Waals surface area (Å²) in [7, 11) is -3.94. The molecule has 6 nitrogen and oxygen atoms in total. The zero-order chi connectivity index (χ0) is 22.4. The van der Waals surface area contributed by atoms with Crippen molar-refractivity contribution in [1.82, 2.24) is 0 Å². The quantitative estimate of drug-likeness (QED) is 0.560. The molecule has 0 saturated heterocycles. The van der Waals surface area contributed by atoms with Crippen LogP contribution >= 0.6 is 0 Å². The van der Waals surface area contributed by atoms with Crippen LogP contribution in [0.4, 0.5) is 11.4 Å². The number of rotatable bonds is 8. The molecule has 0 unspecified atom stereocenters. The molecule has 162 valence electrons. The zero-order valence-electron chi connectivity index (χ0n) is 17.8. The second-order valence-corrected chi connectivity index (χ2v) is 8.96. The number of anilines is 2. The van der Waals surface area contributed by atoms with Crippen LogP contribution in [0.1, 0.15) is 18.1 Å². The number of aryl methyl sites for hydroxylation is 2. The standard InChI is InChI=1S/C24H26N2O4S/c1-4-30-22-10-8-9-20(16-22)25-24(27)17-26(21-14-13-18(2)19(3)15-21)31(28,29)23-11-6-5-7-12-23/h5-16H,4,17H2,1-3H3,(H,25,27). The fraction of sp³-hybridized carbons (Fsp3) is 0.208. The minimum atomic E-state index is -3.94. The van der Waals surface area contributed by atoms with Gasteiger partial charge in [0.2, 0.25) is 5.91 Å². The minimum absolute atomic E-state index is 0.124. The lowest BCUT2D eigenvalue weighted by molar-refractivity contribution is -0.114. The van der Waals surface area contributed by atoms with E-state index in [2.05, 4.69) is 5.32 Å². The van der Waals surface area contributed by atoms with E-state index in [0.717, 1.165) is 15.4 Å². The molecule has 0 bridgehead atoms. The Balaban J connectivity index is 1.92. The van der Waals surface area contributed by atoms with E-state index in [1.807, 2.05) is 26.8 Å². The lowest BCUT2D eigenvalue weighted by Crippen LogP contribution is -2.38. The molecule has 31 heavy (non-hydrogen) atoms. The average Bonchev–Trinajstić information content (AvgIpc) is 2.75. The third-order valence-corrected chi connectivity index (χ3v) is 6.61. The topological polar surface area (TPSA) is 75.7 Å². The summed E-state index contributed by atoms with van der Waals surface area (Å²) in [5.74, 6) is 0.176. The van der Waals surface area contributed by atoms with Gasteiger partial charge in [-0.1, -0.05) is 30.3 Å². The molecule has 1 amide bonds. The highest BCUT2D eigenvalue weighted by atomic mass is 32.2. The molecular formula is C24H26N2O4S. The van der Waals surface area contributed by atoms with Crippen LogP contribution in [0.3, 0.4) is 0 Å². The number of nitrogens with zero attached hydrogens (tertiary/aromatic N) is 1. The first kappa shape index (κ1) is 22.4. The van der Waals surface area contributed by atoms with Gasteiger partial charge in [0.25, 0.3) is 10.0 Å². The molecule has 0 radical (unpaired) electrons. The maximum atomic E-state index is 13.4. The molecule has 0 heterocycles. The number of carbonyl (C=O) groups excluding carboxylic acids is 1. The van der Waals surface area contributed by atoms with Crippen LogP contribution in [-0.4, -0.2) is 27.5 Å². The summed E-state index contributed by atoms with van der Waals surface area (Å²) < 4.78 is 33.4. The smallest absolute Gasteiger partial charge is 0.264 e. The lowest BCUT2D eigenvalue weighted by atomic mass is 10.1. The Labute approximate surface area is 183 Å². The van der Waals surface area contributed by atoms with Gasteiger partial charge in [-0.15, -0.1) is 0 Å². The molecule has 0 atom stereocenters. The Morgan fingerprint density at radius 1 is 0.935 bits per heavy atom.